The number of nitrogens with two attached hydrogens (primary N) is 1. The molecule has 0 bridgehead atoms. The molecule has 0 aliphatic carbocycles. The number of rotatable bonds is 3. The third-order valence-electron chi connectivity index (χ3n) is 2.21. The fraction of sp³-hybridized carbons (Fsp3) is 0.273. The standard InChI is InChI=1S/C11H14N4S/c1-15(2)11-14-10(9(7-12)16-11)8-3-5-13-6-4-8/h3-6H,7,12H2,1-2H3. The second-order valence-corrected chi connectivity index (χ2v) is 4.66. The van der Waals surface area contributed by atoms with Gasteiger partial charge in [-0.2, -0.15) is 0 Å². The van der Waals surface area contributed by atoms with Crippen LogP contribution in [-0.4, -0.2) is 24.1 Å². The first-order chi connectivity index (χ1) is 7.72. The lowest BCUT2D eigenvalue weighted by Crippen LogP contribution is -2.07. The molecule has 16 heavy (non-hydrogen) atoms. The smallest absolute Gasteiger partial charge is 0.185 e. The van der Waals surface area contributed by atoms with E-state index in [-0.39, 0.29) is 0 Å². The van der Waals surface area contributed by atoms with Crippen LogP contribution in [0.15, 0.2) is 24.5 Å². The third-order valence-corrected chi connectivity index (χ3v) is 3.45. The number of hydrogen-bond donors (Lipinski definition) is 1. The number of hydrogen-bond acceptors (Lipinski definition) is 5. The van der Waals surface area contributed by atoms with Gasteiger partial charge in [-0.15, -0.1) is 0 Å². The molecule has 0 atom stereocenters. The molecule has 0 saturated carbocycles. The first-order valence-electron chi connectivity index (χ1n) is 5.00. The summed E-state index contributed by atoms with van der Waals surface area (Å²) in [6.07, 6.45) is 3.54. The van der Waals surface area contributed by atoms with E-state index in [9.17, 15) is 0 Å². The van der Waals surface area contributed by atoms with Gasteiger partial charge in [-0.3, -0.25) is 4.98 Å². The molecule has 5 heteroatoms. The van der Waals surface area contributed by atoms with Gasteiger partial charge in [0.25, 0.3) is 0 Å². The van der Waals surface area contributed by atoms with Gasteiger partial charge in [0, 0.05) is 43.5 Å². The predicted octanol–water partition coefficient (Wildman–Crippen LogP) is 1.73. The Morgan fingerprint density at radius 2 is 2.00 bits per heavy atom. The molecule has 0 aliphatic rings. The van der Waals surface area contributed by atoms with Crippen LogP contribution in [-0.2, 0) is 6.54 Å². The van der Waals surface area contributed by atoms with Gasteiger partial charge in [0.2, 0.25) is 0 Å². The summed E-state index contributed by atoms with van der Waals surface area (Å²) >= 11 is 1.63. The van der Waals surface area contributed by atoms with E-state index < -0.39 is 0 Å². The number of nitrogens with zero attached hydrogens (tertiary/aromatic N) is 3. The molecule has 0 unspecified atom stereocenters. The van der Waals surface area contributed by atoms with E-state index >= 15 is 0 Å². The highest BCUT2D eigenvalue weighted by Gasteiger charge is 2.12. The SMILES string of the molecule is CN(C)c1nc(-c2ccncc2)c(CN)s1. The Bertz CT molecular complexity index is 464. The van der Waals surface area contributed by atoms with Crippen LogP contribution in [0, 0.1) is 0 Å². The summed E-state index contributed by atoms with van der Waals surface area (Å²) in [5.41, 5.74) is 7.78. The van der Waals surface area contributed by atoms with Crippen molar-refractivity contribution in [2.45, 2.75) is 6.54 Å². The Hall–Kier alpha value is -1.46. The van der Waals surface area contributed by atoms with Crippen LogP contribution in [0.4, 0.5) is 5.13 Å². The first kappa shape index (κ1) is 11.0. The Balaban J connectivity index is 2.48. The van der Waals surface area contributed by atoms with Crippen molar-refractivity contribution in [1.82, 2.24) is 9.97 Å². The van der Waals surface area contributed by atoms with Gasteiger partial charge in [0.15, 0.2) is 5.13 Å². The summed E-state index contributed by atoms with van der Waals surface area (Å²) in [7, 11) is 3.96. The molecular formula is C11H14N4S. The lowest BCUT2D eigenvalue weighted by molar-refractivity contribution is 1.08. The number of anilines is 1. The van der Waals surface area contributed by atoms with Crippen LogP contribution in [0.1, 0.15) is 4.88 Å². The summed E-state index contributed by atoms with van der Waals surface area (Å²) < 4.78 is 0. The van der Waals surface area contributed by atoms with E-state index in [1.54, 1.807) is 23.7 Å². The van der Waals surface area contributed by atoms with E-state index in [4.69, 9.17) is 5.73 Å². The maximum atomic E-state index is 5.74. The van der Waals surface area contributed by atoms with E-state index in [1.807, 2.05) is 31.1 Å². The predicted molar refractivity (Wildman–Crippen MR) is 67.6 cm³/mol. The van der Waals surface area contributed by atoms with Crippen LogP contribution >= 0.6 is 11.3 Å². The molecule has 2 N–H and O–H groups in total. The van der Waals surface area contributed by atoms with Crippen LogP contribution < -0.4 is 10.6 Å². The highest BCUT2D eigenvalue weighted by Crippen LogP contribution is 2.31. The maximum Gasteiger partial charge on any atom is 0.185 e. The second-order valence-electron chi connectivity index (χ2n) is 3.60. The van der Waals surface area contributed by atoms with E-state index in [2.05, 4.69) is 9.97 Å². The fourth-order valence-electron chi connectivity index (χ4n) is 1.40. The molecule has 2 aromatic rings. The quantitative estimate of drug-likeness (QED) is 0.878. The van der Waals surface area contributed by atoms with Crippen molar-refractivity contribution in [2.24, 2.45) is 5.73 Å². The molecule has 2 aromatic heterocycles. The van der Waals surface area contributed by atoms with Crippen molar-refractivity contribution in [3.05, 3.63) is 29.4 Å². The minimum Gasteiger partial charge on any atom is -0.354 e. The second kappa shape index (κ2) is 4.59. The van der Waals surface area contributed by atoms with Crippen molar-refractivity contribution >= 4 is 16.5 Å². The fourth-order valence-corrected chi connectivity index (χ4v) is 2.29. The molecule has 84 valence electrons. The van der Waals surface area contributed by atoms with Crippen molar-refractivity contribution in [3.63, 3.8) is 0 Å². The monoisotopic (exact) mass is 234 g/mol. The Kier molecular flexibility index (Phi) is 3.17. The van der Waals surface area contributed by atoms with Crippen LogP contribution in [0.5, 0.6) is 0 Å². The molecule has 0 spiro atoms. The molecule has 0 aliphatic heterocycles. The van der Waals surface area contributed by atoms with Crippen molar-refractivity contribution in [3.8, 4) is 11.3 Å². The summed E-state index contributed by atoms with van der Waals surface area (Å²) in [5.74, 6) is 0. The largest absolute Gasteiger partial charge is 0.354 e. The molecule has 0 radical (unpaired) electrons. The van der Waals surface area contributed by atoms with Gasteiger partial charge in [-0.1, -0.05) is 11.3 Å². The molecule has 2 rings (SSSR count). The summed E-state index contributed by atoms with van der Waals surface area (Å²) in [4.78, 5) is 11.7. The Morgan fingerprint density at radius 1 is 1.31 bits per heavy atom. The summed E-state index contributed by atoms with van der Waals surface area (Å²) in [6.45, 7) is 0.517. The summed E-state index contributed by atoms with van der Waals surface area (Å²) in [5, 5.41) is 0.979. The van der Waals surface area contributed by atoms with Crippen LogP contribution in [0.3, 0.4) is 0 Å². The van der Waals surface area contributed by atoms with Gasteiger partial charge >= 0.3 is 0 Å². The molecule has 0 fully saturated rings. The molecule has 0 aromatic carbocycles. The average Bonchev–Trinajstić information content (AvgIpc) is 2.74. The first-order valence-corrected chi connectivity index (χ1v) is 5.81. The van der Waals surface area contributed by atoms with Gasteiger partial charge in [0.1, 0.15) is 0 Å². The molecule has 4 nitrogen and oxygen atoms in total. The van der Waals surface area contributed by atoms with Crippen molar-refractivity contribution in [1.29, 1.82) is 0 Å². The van der Waals surface area contributed by atoms with Gasteiger partial charge in [-0.05, 0) is 12.1 Å². The highest BCUT2D eigenvalue weighted by atomic mass is 32.1. The minimum atomic E-state index is 0.517. The lowest BCUT2D eigenvalue weighted by Gasteiger charge is -2.05. The zero-order valence-electron chi connectivity index (χ0n) is 9.34. The highest BCUT2D eigenvalue weighted by molar-refractivity contribution is 7.16. The average molecular weight is 234 g/mol. The van der Waals surface area contributed by atoms with Crippen LogP contribution in [0.25, 0.3) is 11.3 Å². The Labute approximate surface area is 98.8 Å². The van der Waals surface area contributed by atoms with E-state index in [0.29, 0.717) is 6.54 Å². The van der Waals surface area contributed by atoms with Crippen molar-refractivity contribution in [2.75, 3.05) is 19.0 Å². The topological polar surface area (TPSA) is 55.0 Å². The van der Waals surface area contributed by atoms with E-state index in [1.165, 1.54) is 0 Å². The van der Waals surface area contributed by atoms with Crippen molar-refractivity contribution < 1.29 is 0 Å². The number of aromatic nitrogens is 2. The Morgan fingerprint density at radius 3 is 2.56 bits per heavy atom. The number of thiazole rings is 1. The van der Waals surface area contributed by atoms with Gasteiger partial charge in [0.05, 0.1) is 5.69 Å². The summed E-state index contributed by atoms with van der Waals surface area (Å²) in [6, 6.07) is 3.90. The molecular weight excluding hydrogens is 220 g/mol. The molecule has 0 saturated heterocycles. The zero-order chi connectivity index (χ0) is 11.5. The zero-order valence-corrected chi connectivity index (χ0v) is 10.2. The molecule has 2 heterocycles. The third kappa shape index (κ3) is 2.05. The lowest BCUT2D eigenvalue weighted by atomic mass is 10.2. The van der Waals surface area contributed by atoms with Crippen LogP contribution in [0.2, 0.25) is 0 Å². The molecule has 0 amide bonds. The van der Waals surface area contributed by atoms with Gasteiger partial charge in [-0.25, -0.2) is 4.98 Å². The minimum absolute atomic E-state index is 0.517. The van der Waals surface area contributed by atoms with Gasteiger partial charge < -0.3 is 10.6 Å². The maximum absolute atomic E-state index is 5.74. The normalized spacial score (nSPS) is 10.4. The number of pyridine rings is 1. The van der Waals surface area contributed by atoms with E-state index in [0.717, 1.165) is 21.3 Å².